The Bertz CT molecular complexity index is 306. The quantitative estimate of drug-likeness (QED) is 0.810. The van der Waals surface area contributed by atoms with Crippen molar-refractivity contribution < 1.29 is 0 Å². The molecule has 0 spiro atoms. The first kappa shape index (κ1) is 12.7. The van der Waals surface area contributed by atoms with Crippen molar-refractivity contribution in [2.75, 3.05) is 6.54 Å². The van der Waals surface area contributed by atoms with Crippen molar-refractivity contribution >= 4 is 35.1 Å². The summed E-state index contributed by atoms with van der Waals surface area (Å²) in [5, 5.41) is 7.70. The van der Waals surface area contributed by atoms with Crippen LogP contribution in [0.25, 0.3) is 0 Å². The Labute approximate surface area is 105 Å². The normalized spacial score (nSPS) is 9.87. The predicted octanol–water partition coefficient (Wildman–Crippen LogP) is 3.56. The summed E-state index contributed by atoms with van der Waals surface area (Å²) in [6, 6.07) is 8.57. The fraction of sp³-hybridized carbons (Fsp3) is 0.273. The van der Waals surface area contributed by atoms with Crippen LogP contribution in [-0.2, 0) is 13.0 Å². The maximum absolute atomic E-state index is 3.44. The molecule has 0 aliphatic rings. The third kappa shape index (κ3) is 4.34. The van der Waals surface area contributed by atoms with Gasteiger partial charge in [-0.1, -0.05) is 12.1 Å². The van der Waals surface area contributed by atoms with Gasteiger partial charge in [0.1, 0.15) is 0 Å². The number of halogens is 1. The van der Waals surface area contributed by atoms with Crippen molar-refractivity contribution in [3.05, 3.63) is 44.8 Å². The van der Waals surface area contributed by atoms with Crippen LogP contribution in [0.5, 0.6) is 0 Å². The Hall–Kier alpha value is -0.350. The second-order valence-electron chi connectivity index (χ2n) is 3.09. The van der Waals surface area contributed by atoms with E-state index in [2.05, 4.69) is 40.3 Å². The highest BCUT2D eigenvalue weighted by atomic mass is 35.5. The van der Waals surface area contributed by atoms with Gasteiger partial charge in [-0.15, -0.1) is 35.1 Å². The minimum absolute atomic E-state index is 0. The summed E-state index contributed by atoms with van der Waals surface area (Å²) >= 11 is 3.64. The Balaban J connectivity index is 0.00000112. The molecule has 4 heteroatoms. The van der Waals surface area contributed by atoms with E-state index in [4.69, 9.17) is 0 Å². The fourth-order valence-corrected chi connectivity index (χ4v) is 2.67. The molecule has 0 fully saturated rings. The number of nitrogens with one attached hydrogen (secondary N) is 1. The summed E-state index contributed by atoms with van der Waals surface area (Å²) in [4.78, 5) is 2.87. The summed E-state index contributed by atoms with van der Waals surface area (Å²) in [5.41, 5.74) is 0. The van der Waals surface area contributed by atoms with Gasteiger partial charge in [0.2, 0.25) is 0 Å². The molecule has 1 nitrogen and oxygen atoms in total. The lowest BCUT2D eigenvalue weighted by atomic mass is 10.3. The largest absolute Gasteiger partial charge is 0.311 e. The van der Waals surface area contributed by atoms with Crippen LogP contribution in [0.1, 0.15) is 9.75 Å². The molecule has 0 saturated heterocycles. The van der Waals surface area contributed by atoms with Crippen LogP contribution in [-0.4, -0.2) is 6.54 Å². The lowest BCUT2D eigenvalue weighted by Crippen LogP contribution is -2.15. The van der Waals surface area contributed by atoms with E-state index in [0.717, 1.165) is 19.5 Å². The van der Waals surface area contributed by atoms with Crippen molar-refractivity contribution in [2.24, 2.45) is 0 Å². The maximum atomic E-state index is 3.44. The molecule has 2 rings (SSSR count). The summed E-state index contributed by atoms with van der Waals surface area (Å²) in [6.45, 7) is 2.07. The lowest BCUT2D eigenvalue weighted by molar-refractivity contribution is 0.697. The third-order valence-corrected chi connectivity index (χ3v) is 3.82. The molecule has 0 radical (unpaired) electrons. The second kappa shape index (κ2) is 7.01. The van der Waals surface area contributed by atoms with E-state index in [9.17, 15) is 0 Å². The van der Waals surface area contributed by atoms with Gasteiger partial charge in [-0.05, 0) is 29.3 Å². The summed E-state index contributed by atoms with van der Waals surface area (Å²) in [6.07, 6.45) is 1.14. The monoisotopic (exact) mass is 259 g/mol. The average Bonchev–Trinajstić information content (AvgIpc) is 2.86. The van der Waals surface area contributed by atoms with E-state index in [-0.39, 0.29) is 12.4 Å². The van der Waals surface area contributed by atoms with Crippen LogP contribution >= 0.6 is 35.1 Å². The zero-order valence-electron chi connectivity index (χ0n) is 8.31. The highest BCUT2D eigenvalue weighted by molar-refractivity contribution is 7.10. The highest BCUT2D eigenvalue weighted by Gasteiger charge is 1.94. The molecule has 15 heavy (non-hydrogen) atoms. The molecule has 2 aromatic heterocycles. The van der Waals surface area contributed by atoms with Crippen LogP contribution in [0.2, 0.25) is 0 Å². The topological polar surface area (TPSA) is 12.0 Å². The summed E-state index contributed by atoms with van der Waals surface area (Å²) in [7, 11) is 0. The van der Waals surface area contributed by atoms with E-state index in [1.165, 1.54) is 9.75 Å². The second-order valence-corrected chi connectivity index (χ2v) is 5.15. The van der Waals surface area contributed by atoms with E-state index in [1.54, 1.807) is 0 Å². The number of rotatable bonds is 5. The maximum Gasteiger partial charge on any atom is 0.0299 e. The van der Waals surface area contributed by atoms with Crippen molar-refractivity contribution in [2.45, 2.75) is 13.0 Å². The van der Waals surface area contributed by atoms with Gasteiger partial charge < -0.3 is 5.32 Å². The standard InChI is InChI=1S/C11H13NS2.ClH/c1-3-10(13-7-1)5-6-12-9-11-4-2-8-14-11;/h1-4,7-8,12H,5-6,9H2;1H. The van der Waals surface area contributed by atoms with E-state index in [1.807, 2.05) is 22.7 Å². The Morgan fingerprint density at radius 3 is 2.27 bits per heavy atom. The molecule has 0 aliphatic heterocycles. The smallest absolute Gasteiger partial charge is 0.0299 e. The van der Waals surface area contributed by atoms with E-state index >= 15 is 0 Å². The molecule has 2 heterocycles. The van der Waals surface area contributed by atoms with Gasteiger partial charge in [0.05, 0.1) is 0 Å². The van der Waals surface area contributed by atoms with E-state index < -0.39 is 0 Å². The molecule has 0 aliphatic carbocycles. The van der Waals surface area contributed by atoms with Gasteiger partial charge in [0, 0.05) is 22.8 Å². The first-order valence-electron chi connectivity index (χ1n) is 4.70. The van der Waals surface area contributed by atoms with Crippen molar-refractivity contribution in [1.82, 2.24) is 5.32 Å². The van der Waals surface area contributed by atoms with Gasteiger partial charge >= 0.3 is 0 Å². The van der Waals surface area contributed by atoms with Crippen LogP contribution < -0.4 is 5.32 Å². The highest BCUT2D eigenvalue weighted by Crippen LogP contribution is 2.09. The number of thiophene rings is 2. The van der Waals surface area contributed by atoms with E-state index in [0.29, 0.717) is 0 Å². The molecule has 1 N–H and O–H groups in total. The number of hydrogen-bond donors (Lipinski definition) is 1. The molecule has 0 unspecified atom stereocenters. The number of hydrogen-bond acceptors (Lipinski definition) is 3. The van der Waals surface area contributed by atoms with Crippen molar-refractivity contribution in [3.8, 4) is 0 Å². The Kier molecular flexibility index (Phi) is 5.95. The average molecular weight is 260 g/mol. The Morgan fingerprint density at radius 1 is 1.00 bits per heavy atom. The SMILES string of the molecule is Cl.c1csc(CCNCc2cccs2)c1. The zero-order chi connectivity index (χ0) is 9.64. The van der Waals surface area contributed by atoms with Gasteiger partial charge in [-0.25, -0.2) is 0 Å². The van der Waals surface area contributed by atoms with Crippen molar-refractivity contribution in [3.63, 3.8) is 0 Å². The predicted molar refractivity (Wildman–Crippen MR) is 71.3 cm³/mol. The minimum Gasteiger partial charge on any atom is -0.311 e. The van der Waals surface area contributed by atoms with Crippen molar-refractivity contribution in [1.29, 1.82) is 0 Å². The molecule has 0 saturated carbocycles. The molecule has 0 amide bonds. The molecular formula is C11H14ClNS2. The molecule has 0 aromatic carbocycles. The van der Waals surface area contributed by atoms with Crippen LogP contribution in [0, 0.1) is 0 Å². The lowest BCUT2D eigenvalue weighted by Gasteiger charge is -2.00. The third-order valence-electron chi connectivity index (χ3n) is 2.01. The first-order chi connectivity index (χ1) is 6.95. The van der Waals surface area contributed by atoms with Gasteiger partial charge in [-0.2, -0.15) is 0 Å². The summed E-state index contributed by atoms with van der Waals surface area (Å²) in [5.74, 6) is 0. The Morgan fingerprint density at radius 2 is 1.67 bits per heavy atom. The fourth-order valence-electron chi connectivity index (χ4n) is 1.29. The first-order valence-corrected chi connectivity index (χ1v) is 6.46. The molecule has 0 bridgehead atoms. The molecule has 2 aromatic rings. The van der Waals surface area contributed by atoms with Gasteiger partial charge in [0.15, 0.2) is 0 Å². The van der Waals surface area contributed by atoms with Crippen LogP contribution in [0.3, 0.4) is 0 Å². The molecular weight excluding hydrogens is 246 g/mol. The van der Waals surface area contributed by atoms with Gasteiger partial charge in [0.25, 0.3) is 0 Å². The summed E-state index contributed by atoms with van der Waals surface area (Å²) < 4.78 is 0. The zero-order valence-corrected chi connectivity index (χ0v) is 10.8. The molecule has 82 valence electrons. The molecule has 0 atom stereocenters. The van der Waals surface area contributed by atoms with Crippen LogP contribution in [0.4, 0.5) is 0 Å². The minimum atomic E-state index is 0. The van der Waals surface area contributed by atoms with Gasteiger partial charge in [-0.3, -0.25) is 0 Å². The van der Waals surface area contributed by atoms with Crippen LogP contribution in [0.15, 0.2) is 35.0 Å².